The first-order valence-electron chi connectivity index (χ1n) is 7.29. The molecule has 0 saturated carbocycles. The third-order valence-electron chi connectivity index (χ3n) is 3.75. The van der Waals surface area contributed by atoms with Gasteiger partial charge in [-0.2, -0.15) is 0 Å². The number of aliphatic hydroxyl groups excluding tert-OH is 1. The molecule has 1 aliphatic rings. The van der Waals surface area contributed by atoms with Gasteiger partial charge in [-0.25, -0.2) is 4.98 Å². The highest BCUT2D eigenvalue weighted by atomic mass is 32.1. The average molecular weight is 321 g/mol. The molecule has 1 unspecified atom stereocenters. The van der Waals surface area contributed by atoms with E-state index in [2.05, 4.69) is 15.3 Å². The molecule has 1 N–H and O–H groups in total. The summed E-state index contributed by atoms with van der Waals surface area (Å²) in [5.74, 6) is -0.185. The van der Waals surface area contributed by atoms with Crippen molar-refractivity contribution in [3.05, 3.63) is 29.7 Å². The Labute approximate surface area is 133 Å². The first-order valence-corrected chi connectivity index (χ1v) is 8.17. The highest BCUT2D eigenvalue weighted by Crippen LogP contribution is 2.24. The molecule has 0 aliphatic carbocycles. The number of furan rings is 1. The van der Waals surface area contributed by atoms with Gasteiger partial charge in [0.25, 0.3) is 5.91 Å². The van der Waals surface area contributed by atoms with Crippen molar-refractivity contribution < 1.29 is 14.3 Å². The van der Waals surface area contributed by atoms with E-state index in [1.807, 2.05) is 6.07 Å². The average Bonchev–Trinajstić information content (AvgIpc) is 3.18. The van der Waals surface area contributed by atoms with Crippen LogP contribution in [0, 0.1) is 0 Å². The van der Waals surface area contributed by atoms with Gasteiger partial charge in [0.2, 0.25) is 0 Å². The van der Waals surface area contributed by atoms with Gasteiger partial charge < -0.3 is 14.4 Å². The van der Waals surface area contributed by atoms with Crippen LogP contribution in [0.4, 0.5) is 0 Å². The second-order valence-electron chi connectivity index (χ2n) is 5.43. The van der Waals surface area contributed by atoms with Crippen LogP contribution in [0.5, 0.6) is 0 Å². The number of nitrogens with zero attached hydrogens (tertiary/aromatic N) is 3. The molecule has 1 saturated heterocycles. The maximum Gasteiger partial charge on any atom is 0.251 e. The summed E-state index contributed by atoms with van der Waals surface area (Å²) < 4.78 is 5.08. The number of aromatic nitrogens is 1. The maximum absolute atomic E-state index is 11.7. The zero-order valence-corrected chi connectivity index (χ0v) is 13.3. The van der Waals surface area contributed by atoms with E-state index in [0.29, 0.717) is 13.1 Å². The third-order valence-corrected chi connectivity index (χ3v) is 4.69. The minimum Gasteiger partial charge on any atom is -0.472 e. The Morgan fingerprint density at radius 2 is 2.23 bits per heavy atom. The SMILES string of the molecule is CC(O)C(=O)N1CCN(Cc2csc(-c3ccoc3)n2)CC1. The van der Waals surface area contributed by atoms with Crippen molar-refractivity contribution in [2.24, 2.45) is 0 Å². The van der Waals surface area contributed by atoms with Crippen LogP contribution < -0.4 is 0 Å². The number of thiazole rings is 1. The highest BCUT2D eigenvalue weighted by Gasteiger charge is 2.24. The molecule has 3 heterocycles. The lowest BCUT2D eigenvalue weighted by Gasteiger charge is -2.34. The first-order chi connectivity index (χ1) is 10.6. The monoisotopic (exact) mass is 321 g/mol. The van der Waals surface area contributed by atoms with Crippen LogP contribution in [0.1, 0.15) is 12.6 Å². The van der Waals surface area contributed by atoms with E-state index >= 15 is 0 Å². The fraction of sp³-hybridized carbons (Fsp3) is 0.467. The van der Waals surface area contributed by atoms with Crippen LogP contribution in [0.25, 0.3) is 10.6 Å². The molecule has 1 amide bonds. The lowest BCUT2D eigenvalue weighted by atomic mass is 10.2. The van der Waals surface area contributed by atoms with Crippen molar-refractivity contribution in [2.45, 2.75) is 19.6 Å². The summed E-state index contributed by atoms with van der Waals surface area (Å²) in [5.41, 5.74) is 2.04. The predicted molar refractivity (Wildman–Crippen MR) is 83.4 cm³/mol. The molecule has 1 fully saturated rings. The van der Waals surface area contributed by atoms with Gasteiger partial charge >= 0.3 is 0 Å². The normalized spacial score (nSPS) is 17.6. The molecule has 3 rings (SSSR count). The fourth-order valence-corrected chi connectivity index (χ4v) is 3.32. The van der Waals surface area contributed by atoms with Gasteiger partial charge in [0.05, 0.1) is 12.0 Å². The molecular weight excluding hydrogens is 302 g/mol. The van der Waals surface area contributed by atoms with Gasteiger partial charge in [-0.15, -0.1) is 11.3 Å². The Bertz CT molecular complexity index is 616. The molecule has 22 heavy (non-hydrogen) atoms. The lowest BCUT2D eigenvalue weighted by Crippen LogP contribution is -2.50. The van der Waals surface area contributed by atoms with Crippen LogP contribution >= 0.6 is 11.3 Å². The van der Waals surface area contributed by atoms with E-state index in [9.17, 15) is 9.90 Å². The van der Waals surface area contributed by atoms with Crippen molar-refractivity contribution in [1.29, 1.82) is 0 Å². The molecule has 6 nitrogen and oxygen atoms in total. The van der Waals surface area contributed by atoms with Gasteiger partial charge in [0.15, 0.2) is 0 Å². The first kappa shape index (κ1) is 15.2. The topological polar surface area (TPSA) is 69.8 Å². The van der Waals surface area contributed by atoms with Crippen LogP contribution in [-0.4, -0.2) is 58.1 Å². The molecule has 0 radical (unpaired) electrons. The summed E-state index contributed by atoms with van der Waals surface area (Å²) in [6.45, 7) is 5.21. The largest absolute Gasteiger partial charge is 0.472 e. The molecule has 1 aliphatic heterocycles. The van der Waals surface area contributed by atoms with Crippen LogP contribution in [0.2, 0.25) is 0 Å². The van der Waals surface area contributed by atoms with E-state index in [1.165, 1.54) is 6.92 Å². The second kappa shape index (κ2) is 6.60. The van der Waals surface area contributed by atoms with Gasteiger partial charge in [-0.05, 0) is 13.0 Å². The summed E-state index contributed by atoms with van der Waals surface area (Å²) in [5, 5.41) is 12.4. The van der Waals surface area contributed by atoms with E-state index in [1.54, 1.807) is 28.8 Å². The van der Waals surface area contributed by atoms with E-state index in [-0.39, 0.29) is 5.91 Å². The number of carbonyl (C=O) groups excluding carboxylic acids is 1. The molecule has 0 bridgehead atoms. The minimum atomic E-state index is -0.914. The Kier molecular flexibility index (Phi) is 4.56. The zero-order chi connectivity index (χ0) is 15.5. The van der Waals surface area contributed by atoms with E-state index in [0.717, 1.165) is 35.9 Å². The van der Waals surface area contributed by atoms with Gasteiger partial charge in [-0.1, -0.05) is 0 Å². The van der Waals surface area contributed by atoms with E-state index < -0.39 is 6.10 Å². The molecular formula is C15H19N3O3S. The van der Waals surface area contributed by atoms with Crippen molar-refractivity contribution in [1.82, 2.24) is 14.8 Å². The summed E-state index contributed by atoms with van der Waals surface area (Å²) >= 11 is 1.61. The van der Waals surface area contributed by atoms with Gasteiger partial charge in [0, 0.05) is 43.7 Å². The number of hydrogen-bond donors (Lipinski definition) is 1. The summed E-state index contributed by atoms with van der Waals surface area (Å²) in [6.07, 6.45) is 2.43. The maximum atomic E-state index is 11.7. The number of aliphatic hydroxyl groups is 1. The molecule has 7 heteroatoms. The Hall–Kier alpha value is -1.70. The number of carbonyl (C=O) groups is 1. The smallest absolute Gasteiger partial charge is 0.251 e. The highest BCUT2D eigenvalue weighted by molar-refractivity contribution is 7.13. The zero-order valence-electron chi connectivity index (χ0n) is 12.4. The summed E-state index contributed by atoms with van der Waals surface area (Å²) in [7, 11) is 0. The van der Waals surface area contributed by atoms with E-state index in [4.69, 9.17) is 4.42 Å². The third kappa shape index (κ3) is 3.37. The van der Waals surface area contributed by atoms with Crippen molar-refractivity contribution >= 4 is 17.2 Å². The minimum absolute atomic E-state index is 0.185. The van der Waals surface area contributed by atoms with Crippen molar-refractivity contribution in [3.8, 4) is 10.6 Å². The van der Waals surface area contributed by atoms with Crippen molar-refractivity contribution in [3.63, 3.8) is 0 Å². The lowest BCUT2D eigenvalue weighted by molar-refractivity contribution is -0.141. The quantitative estimate of drug-likeness (QED) is 0.922. The number of hydrogen-bond acceptors (Lipinski definition) is 6. The number of rotatable bonds is 4. The van der Waals surface area contributed by atoms with Crippen LogP contribution in [0.3, 0.4) is 0 Å². The Balaban J connectivity index is 1.54. The van der Waals surface area contributed by atoms with Gasteiger partial charge in [0.1, 0.15) is 17.4 Å². The molecule has 0 aromatic carbocycles. The van der Waals surface area contributed by atoms with Crippen molar-refractivity contribution in [2.75, 3.05) is 26.2 Å². The number of amides is 1. The molecule has 1 atom stereocenters. The Morgan fingerprint density at radius 3 is 2.86 bits per heavy atom. The summed E-state index contributed by atoms with van der Waals surface area (Å²) in [6, 6.07) is 1.91. The van der Waals surface area contributed by atoms with Gasteiger partial charge in [-0.3, -0.25) is 9.69 Å². The van der Waals surface area contributed by atoms with Crippen LogP contribution in [-0.2, 0) is 11.3 Å². The number of piperazine rings is 1. The second-order valence-corrected chi connectivity index (χ2v) is 6.29. The molecule has 2 aromatic rings. The predicted octanol–water partition coefficient (Wildman–Crippen LogP) is 1.43. The molecule has 0 spiro atoms. The summed E-state index contributed by atoms with van der Waals surface area (Å²) in [4.78, 5) is 20.4. The fourth-order valence-electron chi connectivity index (χ4n) is 2.52. The molecule has 2 aromatic heterocycles. The Morgan fingerprint density at radius 1 is 1.45 bits per heavy atom. The molecule has 118 valence electrons. The van der Waals surface area contributed by atoms with Crippen LogP contribution in [0.15, 0.2) is 28.4 Å². The standard InChI is InChI=1S/C15H19N3O3S/c1-11(19)15(20)18-5-3-17(4-6-18)8-13-10-22-14(16-13)12-2-7-21-9-12/h2,7,9-11,19H,3-6,8H2,1H3.